The van der Waals surface area contributed by atoms with Crippen molar-refractivity contribution in [2.45, 2.75) is 32.2 Å². The zero-order chi connectivity index (χ0) is 22.9. The molecule has 0 radical (unpaired) electrons. The number of carbonyl (C=O) groups excluding carboxylic acids is 1. The molecule has 0 amide bonds. The van der Waals surface area contributed by atoms with E-state index < -0.39 is 0 Å². The molecular formula is C28H32N2O3. The molecule has 0 saturated carbocycles. The van der Waals surface area contributed by atoms with E-state index >= 15 is 0 Å². The summed E-state index contributed by atoms with van der Waals surface area (Å²) in [7, 11) is 1.67. The molecule has 3 aromatic rings. The number of nitrogens with zero attached hydrogens (tertiary/aromatic N) is 1. The van der Waals surface area contributed by atoms with E-state index in [1.54, 1.807) is 7.11 Å². The standard InChI is InChI=1S/C28H32N2O3/c1-32-28-20-24(15-14-22(28)9-7-18-31)29-21-23-8-5-13-27-26(23)12-6-16-30(27)17-19-33-25-10-3-2-4-11-25/h2-5,8,10-11,13-15,18,20,29H,6-7,9,12,16-17,19,21H2,1H3. The lowest BCUT2D eigenvalue weighted by atomic mass is 9.96. The molecule has 1 aliphatic heterocycles. The van der Waals surface area contributed by atoms with E-state index in [0.717, 1.165) is 61.5 Å². The van der Waals surface area contributed by atoms with Gasteiger partial charge in [-0.15, -0.1) is 0 Å². The summed E-state index contributed by atoms with van der Waals surface area (Å²) in [5.74, 6) is 1.74. The average molecular weight is 445 g/mol. The fourth-order valence-corrected chi connectivity index (χ4v) is 4.43. The molecule has 1 N–H and O–H groups in total. The molecule has 4 rings (SSSR count). The molecule has 0 spiro atoms. The molecule has 0 atom stereocenters. The summed E-state index contributed by atoms with van der Waals surface area (Å²) in [6, 6.07) is 22.7. The maximum atomic E-state index is 10.7. The quantitative estimate of drug-likeness (QED) is 0.408. The van der Waals surface area contributed by atoms with Gasteiger partial charge in [0.2, 0.25) is 0 Å². The highest BCUT2D eigenvalue weighted by Crippen LogP contribution is 2.31. The Morgan fingerprint density at radius 3 is 2.73 bits per heavy atom. The third kappa shape index (κ3) is 5.86. The first-order valence-corrected chi connectivity index (χ1v) is 11.7. The first-order valence-electron chi connectivity index (χ1n) is 11.7. The highest BCUT2D eigenvalue weighted by Gasteiger charge is 2.19. The molecule has 3 aromatic carbocycles. The van der Waals surface area contributed by atoms with Crippen LogP contribution in [0.25, 0.3) is 0 Å². The normalized spacial score (nSPS) is 12.7. The summed E-state index contributed by atoms with van der Waals surface area (Å²) in [6.07, 6.45) is 4.39. The first-order chi connectivity index (χ1) is 16.3. The number of methoxy groups -OCH3 is 1. The zero-order valence-electron chi connectivity index (χ0n) is 19.3. The molecule has 0 aliphatic carbocycles. The van der Waals surface area contributed by atoms with Crippen LogP contribution in [0.3, 0.4) is 0 Å². The van der Waals surface area contributed by atoms with E-state index in [1.807, 2.05) is 42.5 Å². The van der Waals surface area contributed by atoms with Gasteiger partial charge in [-0.2, -0.15) is 0 Å². The van der Waals surface area contributed by atoms with Gasteiger partial charge in [0.1, 0.15) is 24.4 Å². The van der Waals surface area contributed by atoms with Crippen LogP contribution in [0.5, 0.6) is 11.5 Å². The molecule has 0 fully saturated rings. The Hall–Kier alpha value is -3.47. The third-order valence-corrected chi connectivity index (χ3v) is 6.12. The van der Waals surface area contributed by atoms with E-state index in [1.165, 1.54) is 16.8 Å². The second-order valence-electron chi connectivity index (χ2n) is 8.25. The summed E-state index contributed by atoms with van der Waals surface area (Å²) in [6.45, 7) is 3.36. The van der Waals surface area contributed by atoms with Gasteiger partial charge >= 0.3 is 0 Å². The average Bonchev–Trinajstić information content (AvgIpc) is 2.87. The van der Waals surface area contributed by atoms with Crippen molar-refractivity contribution in [2.24, 2.45) is 0 Å². The van der Waals surface area contributed by atoms with Gasteiger partial charge in [0, 0.05) is 37.0 Å². The fraction of sp³-hybridized carbons (Fsp3) is 0.321. The van der Waals surface area contributed by atoms with Gasteiger partial charge < -0.3 is 24.5 Å². The lowest BCUT2D eigenvalue weighted by Crippen LogP contribution is -2.33. The van der Waals surface area contributed by atoms with Crippen molar-refractivity contribution >= 4 is 17.7 Å². The fourth-order valence-electron chi connectivity index (χ4n) is 4.43. The van der Waals surface area contributed by atoms with Crippen molar-refractivity contribution in [2.75, 3.05) is 37.0 Å². The number of rotatable bonds is 11. The Labute approximate surface area is 196 Å². The number of hydrogen-bond donors (Lipinski definition) is 1. The van der Waals surface area contributed by atoms with Crippen molar-refractivity contribution in [3.63, 3.8) is 0 Å². The van der Waals surface area contributed by atoms with Gasteiger partial charge in [-0.05, 0) is 60.2 Å². The van der Waals surface area contributed by atoms with Gasteiger partial charge in [0.25, 0.3) is 0 Å². The Balaban J connectivity index is 1.40. The van der Waals surface area contributed by atoms with Crippen LogP contribution in [0.2, 0.25) is 0 Å². The maximum Gasteiger partial charge on any atom is 0.124 e. The summed E-state index contributed by atoms with van der Waals surface area (Å²) in [5, 5.41) is 3.56. The van der Waals surface area contributed by atoms with Crippen molar-refractivity contribution in [3.05, 3.63) is 83.4 Å². The SMILES string of the molecule is COc1cc(NCc2cccc3c2CCCN3CCOc2ccccc2)ccc1CCC=O. The number of anilines is 2. The highest BCUT2D eigenvalue weighted by molar-refractivity contribution is 5.60. The number of aldehydes is 1. The van der Waals surface area contributed by atoms with Crippen molar-refractivity contribution in [1.82, 2.24) is 0 Å². The highest BCUT2D eigenvalue weighted by atomic mass is 16.5. The van der Waals surface area contributed by atoms with Crippen LogP contribution in [-0.2, 0) is 24.2 Å². The predicted octanol–water partition coefficient (Wildman–Crippen LogP) is 5.27. The Morgan fingerprint density at radius 2 is 1.91 bits per heavy atom. The van der Waals surface area contributed by atoms with E-state index in [2.05, 4.69) is 34.5 Å². The van der Waals surface area contributed by atoms with Gasteiger partial charge in [-0.3, -0.25) is 0 Å². The molecular weight excluding hydrogens is 412 g/mol. The lowest BCUT2D eigenvalue weighted by Gasteiger charge is -2.32. The molecule has 5 nitrogen and oxygen atoms in total. The largest absolute Gasteiger partial charge is 0.496 e. The predicted molar refractivity (Wildman–Crippen MR) is 134 cm³/mol. The van der Waals surface area contributed by atoms with Crippen molar-refractivity contribution in [1.29, 1.82) is 0 Å². The smallest absolute Gasteiger partial charge is 0.124 e. The van der Waals surface area contributed by atoms with E-state index in [0.29, 0.717) is 19.4 Å². The summed E-state index contributed by atoms with van der Waals surface area (Å²) >= 11 is 0. The molecule has 1 heterocycles. The van der Waals surface area contributed by atoms with Gasteiger partial charge in [0.15, 0.2) is 0 Å². The maximum absolute atomic E-state index is 10.7. The number of benzene rings is 3. The molecule has 0 unspecified atom stereocenters. The van der Waals surface area contributed by atoms with Gasteiger partial charge in [0.05, 0.1) is 13.7 Å². The van der Waals surface area contributed by atoms with Crippen LogP contribution in [0, 0.1) is 0 Å². The van der Waals surface area contributed by atoms with Crippen LogP contribution in [0.15, 0.2) is 66.7 Å². The van der Waals surface area contributed by atoms with Crippen molar-refractivity contribution < 1.29 is 14.3 Å². The number of para-hydroxylation sites is 1. The van der Waals surface area contributed by atoms with E-state index in [9.17, 15) is 4.79 Å². The molecule has 33 heavy (non-hydrogen) atoms. The second-order valence-corrected chi connectivity index (χ2v) is 8.25. The Bertz CT molecular complexity index is 1050. The van der Waals surface area contributed by atoms with Crippen LogP contribution in [-0.4, -0.2) is 33.1 Å². The van der Waals surface area contributed by atoms with E-state index in [-0.39, 0.29) is 0 Å². The monoisotopic (exact) mass is 444 g/mol. The number of fused-ring (bicyclic) bond motifs is 1. The Morgan fingerprint density at radius 1 is 1.03 bits per heavy atom. The Kier molecular flexibility index (Phi) is 7.85. The number of hydrogen-bond acceptors (Lipinski definition) is 5. The minimum atomic E-state index is 0.506. The summed E-state index contributed by atoms with van der Waals surface area (Å²) in [5.41, 5.74) is 6.14. The number of nitrogens with one attached hydrogen (secondary N) is 1. The summed E-state index contributed by atoms with van der Waals surface area (Å²) < 4.78 is 11.5. The number of ether oxygens (including phenoxy) is 2. The van der Waals surface area contributed by atoms with Crippen molar-refractivity contribution in [3.8, 4) is 11.5 Å². The molecule has 0 aromatic heterocycles. The van der Waals surface area contributed by atoms with Crippen LogP contribution < -0.4 is 19.7 Å². The second kappa shape index (κ2) is 11.4. The zero-order valence-corrected chi connectivity index (χ0v) is 19.3. The lowest BCUT2D eigenvalue weighted by molar-refractivity contribution is -0.107. The summed E-state index contributed by atoms with van der Waals surface area (Å²) in [4.78, 5) is 13.1. The number of carbonyl (C=O) groups is 1. The topological polar surface area (TPSA) is 50.8 Å². The minimum Gasteiger partial charge on any atom is -0.496 e. The molecule has 1 aliphatic rings. The van der Waals surface area contributed by atoms with Crippen LogP contribution >= 0.6 is 0 Å². The van der Waals surface area contributed by atoms with Gasteiger partial charge in [-0.1, -0.05) is 36.4 Å². The molecule has 0 bridgehead atoms. The minimum absolute atomic E-state index is 0.506. The van der Waals surface area contributed by atoms with E-state index in [4.69, 9.17) is 9.47 Å². The van der Waals surface area contributed by atoms with Crippen LogP contribution in [0.1, 0.15) is 29.5 Å². The molecule has 172 valence electrons. The molecule has 5 heteroatoms. The molecule has 0 saturated heterocycles. The first kappa shape index (κ1) is 22.7. The third-order valence-electron chi connectivity index (χ3n) is 6.12. The van der Waals surface area contributed by atoms with Gasteiger partial charge in [-0.25, -0.2) is 0 Å². The number of aryl methyl sites for hydroxylation is 1. The van der Waals surface area contributed by atoms with Crippen LogP contribution in [0.4, 0.5) is 11.4 Å².